The molecule has 1 rings (SSSR count). The molecule has 3 heteroatoms. The van der Waals surface area contributed by atoms with Crippen LogP contribution in [-0.4, -0.2) is 47.8 Å². The molecule has 1 aliphatic rings. The number of nitrogens with zero attached hydrogens (tertiary/aromatic N) is 1. The molecule has 0 amide bonds. The Morgan fingerprint density at radius 2 is 2.18 bits per heavy atom. The third kappa shape index (κ3) is 4.94. The fourth-order valence-electron chi connectivity index (χ4n) is 2.96. The number of aliphatic hydroxyl groups excluding tert-OH is 1. The van der Waals surface area contributed by atoms with Crippen molar-refractivity contribution in [1.82, 2.24) is 10.2 Å². The summed E-state index contributed by atoms with van der Waals surface area (Å²) >= 11 is 0. The smallest absolute Gasteiger partial charge is 0.0623 e. The van der Waals surface area contributed by atoms with E-state index in [1.54, 1.807) is 0 Å². The van der Waals surface area contributed by atoms with Gasteiger partial charge in [0.25, 0.3) is 0 Å². The lowest BCUT2D eigenvalue weighted by atomic mass is 9.93. The first-order valence-corrected chi connectivity index (χ1v) is 7.10. The number of nitrogens with one attached hydrogen (secondary N) is 1. The van der Waals surface area contributed by atoms with Crippen LogP contribution in [0.2, 0.25) is 0 Å². The van der Waals surface area contributed by atoms with E-state index in [0.717, 1.165) is 12.5 Å². The normalized spacial score (nSPS) is 26.1. The molecule has 3 nitrogen and oxygen atoms in total. The van der Waals surface area contributed by atoms with Gasteiger partial charge in [0.2, 0.25) is 0 Å². The summed E-state index contributed by atoms with van der Waals surface area (Å²) < 4.78 is 0. The SMILES string of the molecule is CCC1CCCN(CC(C)(CO)NC(C)C)C1. The van der Waals surface area contributed by atoms with Crippen molar-refractivity contribution in [1.29, 1.82) is 0 Å². The molecule has 1 heterocycles. The van der Waals surface area contributed by atoms with Crippen LogP contribution in [0.4, 0.5) is 0 Å². The van der Waals surface area contributed by atoms with Crippen LogP contribution >= 0.6 is 0 Å². The number of piperidine rings is 1. The van der Waals surface area contributed by atoms with Crippen LogP contribution in [0, 0.1) is 5.92 Å². The molecule has 0 radical (unpaired) electrons. The lowest BCUT2D eigenvalue weighted by Crippen LogP contribution is -2.57. The molecule has 1 aliphatic heterocycles. The van der Waals surface area contributed by atoms with E-state index in [0.29, 0.717) is 6.04 Å². The third-order valence-electron chi connectivity index (χ3n) is 3.74. The maximum Gasteiger partial charge on any atom is 0.0623 e. The molecule has 0 aromatic rings. The second kappa shape index (κ2) is 6.72. The zero-order valence-corrected chi connectivity index (χ0v) is 12.0. The lowest BCUT2D eigenvalue weighted by molar-refractivity contribution is 0.0857. The molecule has 102 valence electrons. The van der Waals surface area contributed by atoms with Crippen LogP contribution in [-0.2, 0) is 0 Å². The van der Waals surface area contributed by atoms with Crippen molar-refractivity contribution < 1.29 is 5.11 Å². The van der Waals surface area contributed by atoms with Crippen LogP contribution in [0.5, 0.6) is 0 Å². The van der Waals surface area contributed by atoms with E-state index >= 15 is 0 Å². The van der Waals surface area contributed by atoms with Gasteiger partial charge in [0, 0.05) is 19.1 Å². The molecule has 2 N–H and O–H groups in total. The molecule has 0 bridgehead atoms. The highest BCUT2D eigenvalue weighted by Crippen LogP contribution is 2.21. The summed E-state index contributed by atoms with van der Waals surface area (Å²) in [7, 11) is 0. The molecule has 0 aliphatic carbocycles. The maximum absolute atomic E-state index is 9.60. The van der Waals surface area contributed by atoms with Gasteiger partial charge in [-0.2, -0.15) is 0 Å². The van der Waals surface area contributed by atoms with Crippen LogP contribution < -0.4 is 5.32 Å². The minimum Gasteiger partial charge on any atom is -0.394 e. The topological polar surface area (TPSA) is 35.5 Å². The summed E-state index contributed by atoms with van der Waals surface area (Å²) in [5, 5.41) is 13.1. The molecule has 0 aromatic carbocycles. The lowest BCUT2D eigenvalue weighted by Gasteiger charge is -2.40. The molecular formula is C14H30N2O. The summed E-state index contributed by atoms with van der Waals surface area (Å²) in [6, 6.07) is 0.416. The Morgan fingerprint density at radius 1 is 1.47 bits per heavy atom. The third-order valence-corrected chi connectivity index (χ3v) is 3.74. The Bertz CT molecular complexity index is 220. The van der Waals surface area contributed by atoms with E-state index in [1.807, 2.05) is 0 Å². The number of hydrogen-bond acceptors (Lipinski definition) is 3. The Labute approximate surface area is 107 Å². The monoisotopic (exact) mass is 242 g/mol. The van der Waals surface area contributed by atoms with Crippen LogP contribution in [0.3, 0.4) is 0 Å². The Morgan fingerprint density at radius 3 is 2.71 bits per heavy atom. The molecule has 1 fully saturated rings. The standard InChI is InChI=1S/C14H30N2O/c1-5-13-7-6-8-16(9-13)10-14(4,11-17)15-12(2)3/h12-13,15,17H,5-11H2,1-4H3. The van der Waals surface area contributed by atoms with Crippen molar-refractivity contribution in [3.63, 3.8) is 0 Å². The van der Waals surface area contributed by atoms with E-state index in [4.69, 9.17) is 0 Å². The minimum atomic E-state index is -0.163. The van der Waals surface area contributed by atoms with Crippen molar-refractivity contribution in [2.45, 2.75) is 58.5 Å². The first kappa shape index (κ1) is 14.9. The Kier molecular flexibility index (Phi) is 5.90. The van der Waals surface area contributed by atoms with Gasteiger partial charge in [-0.05, 0) is 32.2 Å². The summed E-state index contributed by atoms with van der Waals surface area (Å²) in [4.78, 5) is 2.52. The highest BCUT2D eigenvalue weighted by Gasteiger charge is 2.29. The molecular weight excluding hydrogens is 212 g/mol. The van der Waals surface area contributed by atoms with Gasteiger partial charge in [-0.25, -0.2) is 0 Å². The van der Waals surface area contributed by atoms with Gasteiger partial charge >= 0.3 is 0 Å². The molecule has 0 saturated carbocycles. The molecule has 1 saturated heterocycles. The van der Waals surface area contributed by atoms with Crippen LogP contribution in [0.25, 0.3) is 0 Å². The summed E-state index contributed by atoms with van der Waals surface area (Å²) in [5.74, 6) is 0.853. The molecule has 2 unspecified atom stereocenters. The van der Waals surface area contributed by atoms with Gasteiger partial charge in [0.15, 0.2) is 0 Å². The largest absolute Gasteiger partial charge is 0.394 e. The molecule has 0 spiro atoms. The first-order chi connectivity index (χ1) is 7.99. The second-order valence-corrected chi connectivity index (χ2v) is 6.17. The van der Waals surface area contributed by atoms with E-state index < -0.39 is 0 Å². The Balaban J connectivity index is 2.49. The van der Waals surface area contributed by atoms with Crippen LogP contribution in [0.15, 0.2) is 0 Å². The molecule has 0 aromatic heterocycles. The zero-order chi connectivity index (χ0) is 12.9. The first-order valence-electron chi connectivity index (χ1n) is 7.10. The van der Waals surface area contributed by atoms with Gasteiger partial charge in [-0.1, -0.05) is 27.2 Å². The number of likely N-dealkylation sites (tertiary alicyclic amines) is 1. The van der Waals surface area contributed by atoms with Gasteiger partial charge in [-0.15, -0.1) is 0 Å². The number of rotatable bonds is 6. The van der Waals surface area contributed by atoms with E-state index in [9.17, 15) is 5.11 Å². The number of hydrogen-bond donors (Lipinski definition) is 2. The van der Waals surface area contributed by atoms with Crippen molar-refractivity contribution >= 4 is 0 Å². The molecule has 17 heavy (non-hydrogen) atoms. The van der Waals surface area contributed by atoms with Gasteiger partial charge in [0.05, 0.1) is 12.1 Å². The Hall–Kier alpha value is -0.120. The fraction of sp³-hybridized carbons (Fsp3) is 1.00. The van der Waals surface area contributed by atoms with Gasteiger partial charge < -0.3 is 15.3 Å². The minimum absolute atomic E-state index is 0.163. The average Bonchev–Trinajstić information content (AvgIpc) is 2.28. The van der Waals surface area contributed by atoms with Gasteiger partial charge in [0.1, 0.15) is 0 Å². The van der Waals surface area contributed by atoms with Crippen molar-refractivity contribution in [3.8, 4) is 0 Å². The summed E-state index contributed by atoms with van der Waals surface area (Å²) in [6.45, 7) is 12.2. The van der Waals surface area contributed by atoms with E-state index in [2.05, 4.69) is 37.9 Å². The average molecular weight is 242 g/mol. The maximum atomic E-state index is 9.60. The number of aliphatic hydroxyl groups is 1. The van der Waals surface area contributed by atoms with Gasteiger partial charge in [-0.3, -0.25) is 0 Å². The second-order valence-electron chi connectivity index (χ2n) is 6.17. The summed E-state index contributed by atoms with van der Waals surface area (Å²) in [5.41, 5.74) is -0.163. The predicted octanol–water partition coefficient (Wildman–Crippen LogP) is 1.86. The van der Waals surface area contributed by atoms with E-state index in [-0.39, 0.29) is 12.1 Å². The van der Waals surface area contributed by atoms with E-state index in [1.165, 1.54) is 32.4 Å². The highest BCUT2D eigenvalue weighted by molar-refractivity contribution is 4.89. The summed E-state index contributed by atoms with van der Waals surface area (Å²) in [6.07, 6.45) is 3.96. The zero-order valence-electron chi connectivity index (χ0n) is 12.0. The predicted molar refractivity (Wildman–Crippen MR) is 73.2 cm³/mol. The van der Waals surface area contributed by atoms with Crippen molar-refractivity contribution in [3.05, 3.63) is 0 Å². The fourth-order valence-corrected chi connectivity index (χ4v) is 2.96. The van der Waals surface area contributed by atoms with Crippen LogP contribution in [0.1, 0.15) is 47.0 Å². The quantitative estimate of drug-likeness (QED) is 0.746. The molecule has 2 atom stereocenters. The van der Waals surface area contributed by atoms with Crippen molar-refractivity contribution in [2.24, 2.45) is 5.92 Å². The van der Waals surface area contributed by atoms with Crippen molar-refractivity contribution in [2.75, 3.05) is 26.2 Å². The highest BCUT2D eigenvalue weighted by atomic mass is 16.3.